The Balaban J connectivity index is 2.45. The van der Waals surface area contributed by atoms with Gasteiger partial charge in [-0.25, -0.2) is 0 Å². The van der Waals surface area contributed by atoms with Crippen LogP contribution in [0.1, 0.15) is 0 Å². The van der Waals surface area contributed by atoms with Gasteiger partial charge in [-0.3, -0.25) is 0 Å². The minimum atomic E-state index is -3.36. The Kier molecular flexibility index (Phi) is 5.58. The van der Waals surface area contributed by atoms with Crippen molar-refractivity contribution in [3.63, 3.8) is 0 Å². The molecule has 1 aromatic rings. The van der Waals surface area contributed by atoms with Gasteiger partial charge >= 0.3 is 0 Å². The number of rotatable bonds is 6. The average Bonchev–Trinajstić information content (AvgIpc) is 2.31. The smallest absolute Gasteiger partial charge is 0.281 e. The SMILES string of the molecule is CN(C)S(=O)(=O)N(C)CCOc1ccc(Br)cc1. The zero-order chi connectivity index (χ0) is 13.8. The fourth-order valence-electron chi connectivity index (χ4n) is 1.22. The van der Waals surface area contributed by atoms with E-state index in [-0.39, 0.29) is 0 Å². The molecule has 0 radical (unpaired) electrons. The number of likely N-dealkylation sites (N-methyl/N-ethyl adjacent to an activating group) is 1. The molecule has 1 rings (SSSR count). The number of hydrogen-bond acceptors (Lipinski definition) is 3. The lowest BCUT2D eigenvalue weighted by molar-refractivity contribution is 0.281. The second-order valence-electron chi connectivity index (χ2n) is 3.91. The highest BCUT2D eigenvalue weighted by atomic mass is 79.9. The Morgan fingerprint density at radius 3 is 2.22 bits per heavy atom. The summed E-state index contributed by atoms with van der Waals surface area (Å²) >= 11 is 3.33. The van der Waals surface area contributed by atoms with Crippen LogP contribution in [0.4, 0.5) is 0 Å². The predicted octanol–water partition coefficient (Wildman–Crippen LogP) is 1.57. The van der Waals surface area contributed by atoms with Gasteiger partial charge in [-0.05, 0) is 24.3 Å². The highest BCUT2D eigenvalue weighted by molar-refractivity contribution is 9.10. The van der Waals surface area contributed by atoms with E-state index in [0.29, 0.717) is 18.9 Å². The maximum atomic E-state index is 11.7. The van der Waals surface area contributed by atoms with E-state index in [9.17, 15) is 8.42 Å². The number of ether oxygens (including phenoxy) is 1. The molecule has 0 bridgehead atoms. The molecule has 0 fully saturated rings. The summed E-state index contributed by atoms with van der Waals surface area (Å²) in [5.74, 6) is 0.717. The van der Waals surface area contributed by atoms with Crippen molar-refractivity contribution in [1.29, 1.82) is 0 Å². The van der Waals surface area contributed by atoms with Gasteiger partial charge in [-0.1, -0.05) is 15.9 Å². The molecule has 5 nitrogen and oxygen atoms in total. The van der Waals surface area contributed by atoms with E-state index in [1.54, 1.807) is 0 Å². The highest BCUT2D eigenvalue weighted by Crippen LogP contribution is 2.16. The third-order valence-electron chi connectivity index (χ3n) is 2.34. The third kappa shape index (κ3) is 4.24. The summed E-state index contributed by atoms with van der Waals surface area (Å²) < 4.78 is 32.3. The summed E-state index contributed by atoms with van der Waals surface area (Å²) in [6.07, 6.45) is 0. The lowest BCUT2D eigenvalue weighted by atomic mass is 10.3. The first-order chi connectivity index (χ1) is 8.34. The van der Waals surface area contributed by atoms with Gasteiger partial charge in [0.25, 0.3) is 10.2 Å². The number of halogens is 1. The van der Waals surface area contributed by atoms with E-state index >= 15 is 0 Å². The van der Waals surface area contributed by atoms with E-state index in [4.69, 9.17) is 4.74 Å². The summed E-state index contributed by atoms with van der Waals surface area (Å²) in [6.45, 7) is 0.613. The monoisotopic (exact) mass is 336 g/mol. The molecule has 0 heterocycles. The molecule has 0 N–H and O–H groups in total. The predicted molar refractivity (Wildman–Crippen MR) is 74.9 cm³/mol. The largest absolute Gasteiger partial charge is 0.492 e. The summed E-state index contributed by atoms with van der Waals surface area (Å²) in [5.41, 5.74) is 0. The van der Waals surface area contributed by atoms with E-state index in [1.807, 2.05) is 24.3 Å². The van der Waals surface area contributed by atoms with Gasteiger partial charge in [0.1, 0.15) is 12.4 Å². The van der Waals surface area contributed by atoms with Crippen molar-refractivity contribution in [2.45, 2.75) is 0 Å². The van der Waals surface area contributed by atoms with Gasteiger partial charge < -0.3 is 4.74 Å². The molecule has 0 saturated carbocycles. The molecule has 7 heteroatoms. The van der Waals surface area contributed by atoms with Crippen molar-refractivity contribution in [3.8, 4) is 5.75 Å². The van der Waals surface area contributed by atoms with Crippen LogP contribution in [-0.2, 0) is 10.2 Å². The molecule has 0 aliphatic heterocycles. The molecular weight excluding hydrogens is 320 g/mol. The quantitative estimate of drug-likeness (QED) is 0.792. The fourth-order valence-corrected chi connectivity index (χ4v) is 2.34. The normalized spacial score (nSPS) is 12.1. The highest BCUT2D eigenvalue weighted by Gasteiger charge is 2.19. The van der Waals surface area contributed by atoms with E-state index in [1.165, 1.54) is 29.8 Å². The standard InChI is InChI=1S/C11H17BrN2O3S/c1-13(2)18(15,16)14(3)8-9-17-11-6-4-10(12)5-7-11/h4-7H,8-9H2,1-3H3. The van der Waals surface area contributed by atoms with Crippen LogP contribution in [0, 0.1) is 0 Å². The minimum Gasteiger partial charge on any atom is -0.492 e. The van der Waals surface area contributed by atoms with Crippen LogP contribution in [0.25, 0.3) is 0 Å². The molecule has 0 spiro atoms. The molecule has 0 atom stereocenters. The molecule has 102 valence electrons. The topological polar surface area (TPSA) is 49.9 Å². The van der Waals surface area contributed by atoms with E-state index in [0.717, 1.165) is 4.47 Å². The first kappa shape index (κ1) is 15.4. The summed E-state index contributed by atoms with van der Waals surface area (Å²) in [5, 5.41) is 0. The van der Waals surface area contributed by atoms with Crippen molar-refractivity contribution >= 4 is 26.1 Å². The molecule has 0 amide bonds. The summed E-state index contributed by atoms with van der Waals surface area (Å²) in [4.78, 5) is 0. The summed E-state index contributed by atoms with van der Waals surface area (Å²) in [7, 11) is 1.17. The Morgan fingerprint density at radius 2 is 1.72 bits per heavy atom. The maximum Gasteiger partial charge on any atom is 0.281 e. The van der Waals surface area contributed by atoms with E-state index < -0.39 is 10.2 Å². The van der Waals surface area contributed by atoms with Crippen molar-refractivity contribution in [2.75, 3.05) is 34.3 Å². The molecule has 0 aliphatic rings. The average molecular weight is 337 g/mol. The Bertz CT molecular complexity index is 474. The summed E-state index contributed by atoms with van der Waals surface area (Å²) in [6, 6.07) is 7.39. The lowest BCUT2D eigenvalue weighted by Gasteiger charge is -2.21. The molecular formula is C11H17BrN2O3S. The molecule has 0 aliphatic carbocycles. The molecule has 18 heavy (non-hydrogen) atoms. The molecule has 1 aromatic carbocycles. The lowest BCUT2D eigenvalue weighted by Crippen LogP contribution is -2.39. The Labute approximate surface area is 117 Å². The van der Waals surface area contributed by atoms with Gasteiger partial charge in [0.05, 0.1) is 0 Å². The number of hydrogen-bond donors (Lipinski definition) is 0. The van der Waals surface area contributed by atoms with Crippen LogP contribution in [0.15, 0.2) is 28.7 Å². The van der Waals surface area contributed by atoms with Crippen molar-refractivity contribution in [1.82, 2.24) is 8.61 Å². The van der Waals surface area contributed by atoms with Crippen LogP contribution in [-0.4, -0.2) is 51.3 Å². The van der Waals surface area contributed by atoms with Gasteiger partial charge in [0.15, 0.2) is 0 Å². The third-order valence-corrected chi connectivity index (χ3v) is 4.77. The Morgan fingerprint density at radius 1 is 1.17 bits per heavy atom. The van der Waals surface area contributed by atoms with Crippen LogP contribution in [0.5, 0.6) is 5.75 Å². The Hall–Kier alpha value is -0.630. The molecule has 0 aromatic heterocycles. The van der Waals surface area contributed by atoms with Gasteiger partial charge in [0.2, 0.25) is 0 Å². The van der Waals surface area contributed by atoms with Crippen LogP contribution in [0.2, 0.25) is 0 Å². The van der Waals surface area contributed by atoms with E-state index in [2.05, 4.69) is 15.9 Å². The zero-order valence-corrected chi connectivity index (χ0v) is 13.0. The van der Waals surface area contributed by atoms with Crippen LogP contribution >= 0.6 is 15.9 Å². The van der Waals surface area contributed by atoms with Crippen LogP contribution in [0.3, 0.4) is 0 Å². The minimum absolute atomic E-state index is 0.302. The first-order valence-corrected chi connectivity index (χ1v) is 7.55. The van der Waals surface area contributed by atoms with Gasteiger partial charge in [-0.2, -0.15) is 17.0 Å². The maximum absolute atomic E-state index is 11.7. The van der Waals surface area contributed by atoms with Crippen molar-refractivity contribution in [2.24, 2.45) is 0 Å². The number of nitrogens with zero attached hydrogens (tertiary/aromatic N) is 2. The second-order valence-corrected chi connectivity index (χ2v) is 7.08. The number of benzene rings is 1. The first-order valence-electron chi connectivity index (χ1n) is 5.36. The van der Waals surface area contributed by atoms with Gasteiger partial charge in [0, 0.05) is 32.2 Å². The van der Waals surface area contributed by atoms with Crippen molar-refractivity contribution in [3.05, 3.63) is 28.7 Å². The zero-order valence-electron chi connectivity index (χ0n) is 10.6. The van der Waals surface area contributed by atoms with Crippen molar-refractivity contribution < 1.29 is 13.2 Å². The van der Waals surface area contributed by atoms with Gasteiger partial charge in [-0.15, -0.1) is 0 Å². The molecule has 0 saturated heterocycles. The molecule has 0 unspecified atom stereocenters. The van der Waals surface area contributed by atoms with Crippen LogP contribution < -0.4 is 4.74 Å². The second kappa shape index (κ2) is 6.51. The fraction of sp³-hybridized carbons (Fsp3) is 0.455.